The van der Waals surface area contributed by atoms with Gasteiger partial charge in [0.15, 0.2) is 0 Å². The molecule has 1 fully saturated rings. The van der Waals surface area contributed by atoms with E-state index in [1.807, 2.05) is 29.6 Å². The van der Waals surface area contributed by atoms with Gasteiger partial charge in [-0.2, -0.15) is 0 Å². The number of carbonyl (C=O) groups is 2. The van der Waals surface area contributed by atoms with Crippen LogP contribution in [0.3, 0.4) is 0 Å². The first kappa shape index (κ1) is 18.7. The van der Waals surface area contributed by atoms with Gasteiger partial charge >= 0.3 is 5.97 Å². The Hall–Kier alpha value is -2.70. The first-order chi connectivity index (χ1) is 13.6. The number of nitrogens with zero attached hydrogens (tertiary/aromatic N) is 2. The van der Waals surface area contributed by atoms with Gasteiger partial charge in [0.05, 0.1) is 17.1 Å². The number of esters is 1. The lowest BCUT2D eigenvalue weighted by Gasteiger charge is -2.15. The van der Waals surface area contributed by atoms with Crippen molar-refractivity contribution in [3.05, 3.63) is 64.6 Å². The molecule has 7 heteroatoms. The molecule has 142 valence electrons. The molecule has 28 heavy (non-hydrogen) atoms. The Morgan fingerprint density at radius 2 is 1.96 bits per heavy atom. The fourth-order valence-electron chi connectivity index (χ4n) is 3.08. The van der Waals surface area contributed by atoms with Gasteiger partial charge in [0, 0.05) is 29.6 Å². The lowest BCUT2D eigenvalue weighted by molar-refractivity contribution is -0.133. The third kappa shape index (κ3) is 4.08. The lowest BCUT2D eigenvalue weighted by atomic mass is 10.2. The van der Waals surface area contributed by atoms with Crippen LogP contribution in [0.5, 0.6) is 5.75 Å². The molecule has 0 bridgehead atoms. The number of aromatic nitrogens is 1. The summed E-state index contributed by atoms with van der Waals surface area (Å²) in [6.07, 6.45) is 1.53. The fourth-order valence-corrected chi connectivity index (χ4v) is 4.22. The minimum absolute atomic E-state index is 0.0767. The van der Waals surface area contributed by atoms with Crippen LogP contribution in [0.2, 0.25) is 5.02 Å². The van der Waals surface area contributed by atoms with Crippen LogP contribution in [0, 0.1) is 0 Å². The van der Waals surface area contributed by atoms with Crippen LogP contribution < -0.4 is 9.64 Å². The number of hydrogen-bond donors (Lipinski definition) is 0. The molecule has 5 nitrogen and oxygen atoms in total. The zero-order chi connectivity index (χ0) is 19.5. The highest BCUT2D eigenvalue weighted by Crippen LogP contribution is 2.30. The predicted octanol–water partition coefficient (Wildman–Crippen LogP) is 4.74. The number of amides is 1. The molecule has 0 saturated carbocycles. The molecule has 2 aromatic carbocycles. The van der Waals surface area contributed by atoms with Crippen LogP contribution in [0.25, 0.3) is 10.6 Å². The molecule has 1 saturated heterocycles. The molecule has 0 radical (unpaired) electrons. The molecule has 1 aromatic heterocycles. The van der Waals surface area contributed by atoms with Crippen molar-refractivity contribution in [3.8, 4) is 16.3 Å². The first-order valence-electron chi connectivity index (χ1n) is 8.90. The Morgan fingerprint density at radius 1 is 1.18 bits per heavy atom. The van der Waals surface area contributed by atoms with Gasteiger partial charge in [-0.3, -0.25) is 9.59 Å². The Morgan fingerprint density at radius 3 is 2.68 bits per heavy atom. The number of carbonyl (C=O) groups excluding carboxylic acids is 2. The summed E-state index contributed by atoms with van der Waals surface area (Å²) in [4.78, 5) is 30.3. The molecule has 1 aliphatic rings. The van der Waals surface area contributed by atoms with Crippen molar-refractivity contribution in [3.63, 3.8) is 0 Å². The van der Waals surface area contributed by atoms with E-state index in [1.54, 1.807) is 29.2 Å². The van der Waals surface area contributed by atoms with Crippen LogP contribution in [-0.2, 0) is 16.0 Å². The zero-order valence-electron chi connectivity index (χ0n) is 14.9. The van der Waals surface area contributed by atoms with E-state index in [0.29, 0.717) is 22.9 Å². The lowest BCUT2D eigenvalue weighted by Crippen LogP contribution is -2.23. The molecular formula is C21H17ClN2O3S. The molecule has 1 amide bonds. The van der Waals surface area contributed by atoms with Crippen LogP contribution in [0.15, 0.2) is 53.9 Å². The summed E-state index contributed by atoms with van der Waals surface area (Å²) in [6, 6.07) is 14.5. The number of thiazole rings is 1. The normalized spacial score (nSPS) is 13.8. The van der Waals surface area contributed by atoms with Crippen molar-refractivity contribution in [2.75, 3.05) is 11.4 Å². The standard InChI is InChI=1S/C21H17ClN2O3S/c22-18-5-2-1-4-17(18)21-23-14(13-28-21)12-20(26)27-16-9-7-15(8-10-16)24-11-3-6-19(24)25/h1-2,4-5,7-10,13H,3,6,11-12H2. The molecule has 1 aliphatic heterocycles. The van der Waals surface area contributed by atoms with Gasteiger partial charge in [-0.05, 0) is 36.8 Å². The van der Waals surface area contributed by atoms with E-state index in [-0.39, 0.29) is 18.3 Å². The maximum atomic E-state index is 12.2. The third-order valence-corrected chi connectivity index (χ3v) is 5.69. The number of anilines is 1. The molecule has 0 unspecified atom stereocenters. The van der Waals surface area contributed by atoms with E-state index in [9.17, 15) is 9.59 Å². The quantitative estimate of drug-likeness (QED) is 0.448. The van der Waals surface area contributed by atoms with Crippen molar-refractivity contribution in [1.29, 1.82) is 0 Å². The summed E-state index contributed by atoms with van der Waals surface area (Å²) in [5.74, 6) is 0.186. The van der Waals surface area contributed by atoms with E-state index in [4.69, 9.17) is 16.3 Å². The molecule has 0 atom stereocenters. The average Bonchev–Trinajstić information content (AvgIpc) is 3.32. The Balaban J connectivity index is 1.38. The fraction of sp³-hybridized carbons (Fsp3) is 0.190. The van der Waals surface area contributed by atoms with E-state index in [0.717, 1.165) is 29.2 Å². The SMILES string of the molecule is O=C(Cc1csc(-c2ccccc2Cl)n1)Oc1ccc(N2CCCC2=O)cc1. The summed E-state index contributed by atoms with van der Waals surface area (Å²) >= 11 is 7.64. The first-order valence-corrected chi connectivity index (χ1v) is 10.2. The smallest absolute Gasteiger partial charge is 0.317 e. The van der Waals surface area contributed by atoms with Gasteiger partial charge in [0.2, 0.25) is 5.91 Å². The largest absolute Gasteiger partial charge is 0.426 e. The van der Waals surface area contributed by atoms with Gasteiger partial charge in [0.1, 0.15) is 10.8 Å². The maximum Gasteiger partial charge on any atom is 0.317 e. The molecule has 0 spiro atoms. The van der Waals surface area contributed by atoms with Gasteiger partial charge in [-0.25, -0.2) is 4.98 Å². The second kappa shape index (κ2) is 8.12. The highest BCUT2D eigenvalue weighted by atomic mass is 35.5. The molecular weight excluding hydrogens is 396 g/mol. The number of halogens is 1. The topological polar surface area (TPSA) is 59.5 Å². The molecule has 3 aromatic rings. The number of hydrogen-bond acceptors (Lipinski definition) is 5. The molecule has 2 heterocycles. The van der Waals surface area contributed by atoms with Crippen molar-refractivity contribution < 1.29 is 14.3 Å². The summed E-state index contributed by atoms with van der Waals surface area (Å²) in [6.45, 7) is 0.732. The van der Waals surface area contributed by atoms with Crippen molar-refractivity contribution >= 4 is 40.5 Å². The van der Waals surface area contributed by atoms with Gasteiger partial charge in [-0.1, -0.05) is 29.8 Å². The van der Waals surface area contributed by atoms with Crippen molar-refractivity contribution in [2.24, 2.45) is 0 Å². The van der Waals surface area contributed by atoms with Crippen LogP contribution in [-0.4, -0.2) is 23.4 Å². The van der Waals surface area contributed by atoms with Crippen LogP contribution in [0.4, 0.5) is 5.69 Å². The number of benzene rings is 2. The van der Waals surface area contributed by atoms with Crippen molar-refractivity contribution in [2.45, 2.75) is 19.3 Å². The summed E-state index contributed by atoms with van der Waals surface area (Å²) in [5.41, 5.74) is 2.32. The van der Waals surface area contributed by atoms with Crippen molar-refractivity contribution in [1.82, 2.24) is 4.98 Å². The monoisotopic (exact) mass is 412 g/mol. The predicted molar refractivity (Wildman–Crippen MR) is 110 cm³/mol. The minimum atomic E-state index is -0.388. The molecule has 0 aliphatic carbocycles. The highest BCUT2D eigenvalue weighted by molar-refractivity contribution is 7.13. The van der Waals surface area contributed by atoms with E-state index >= 15 is 0 Å². The Bertz CT molecular complexity index is 1020. The number of rotatable bonds is 5. The Labute approximate surface area is 171 Å². The Kier molecular flexibility index (Phi) is 5.41. The van der Waals surface area contributed by atoms with Gasteiger partial charge in [-0.15, -0.1) is 11.3 Å². The second-order valence-corrected chi connectivity index (χ2v) is 7.68. The third-order valence-electron chi connectivity index (χ3n) is 4.43. The van der Waals surface area contributed by atoms with Crippen LogP contribution >= 0.6 is 22.9 Å². The summed E-state index contributed by atoms with van der Waals surface area (Å²) in [7, 11) is 0. The van der Waals surface area contributed by atoms with E-state index in [1.165, 1.54) is 11.3 Å². The second-order valence-electron chi connectivity index (χ2n) is 6.42. The zero-order valence-corrected chi connectivity index (χ0v) is 16.5. The number of ether oxygens (including phenoxy) is 1. The minimum Gasteiger partial charge on any atom is -0.426 e. The van der Waals surface area contributed by atoms with E-state index in [2.05, 4.69) is 4.98 Å². The van der Waals surface area contributed by atoms with Gasteiger partial charge < -0.3 is 9.64 Å². The maximum absolute atomic E-state index is 12.2. The summed E-state index contributed by atoms with van der Waals surface area (Å²) in [5, 5.41) is 3.23. The molecule has 4 rings (SSSR count). The van der Waals surface area contributed by atoms with E-state index < -0.39 is 0 Å². The highest BCUT2D eigenvalue weighted by Gasteiger charge is 2.21. The molecule has 0 N–H and O–H groups in total. The van der Waals surface area contributed by atoms with Crippen LogP contribution in [0.1, 0.15) is 18.5 Å². The average molecular weight is 413 g/mol. The van der Waals surface area contributed by atoms with Gasteiger partial charge in [0.25, 0.3) is 0 Å². The summed E-state index contributed by atoms with van der Waals surface area (Å²) < 4.78 is 5.40.